The minimum Gasteiger partial charge on any atom is -0.392 e. The maximum atomic E-state index is 12.2. The smallest absolute Gasteiger partial charge is 0.226 e. The lowest BCUT2D eigenvalue weighted by Gasteiger charge is -2.34. The average Bonchev–Trinajstić information content (AvgIpc) is 2.33. The number of aliphatic hydroxyl groups excluding tert-OH is 1. The third-order valence-electron chi connectivity index (χ3n) is 3.56. The van der Waals surface area contributed by atoms with E-state index in [2.05, 4.69) is 10.6 Å². The van der Waals surface area contributed by atoms with Crippen molar-refractivity contribution in [2.24, 2.45) is 10.8 Å². The summed E-state index contributed by atoms with van der Waals surface area (Å²) in [4.78, 5) is 24.1. The van der Waals surface area contributed by atoms with Crippen molar-refractivity contribution >= 4 is 11.8 Å². The Hall–Kier alpha value is -1.10. The van der Waals surface area contributed by atoms with Crippen molar-refractivity contribution in [3.63, 3.8) is 0 Å². The number of hydrogen-bond donors (Lipinski definition) is 3. The molecule has 0 bridgehead atoms. The summed E-state index contributed by atoms with van der Waals surface area (Å²) in [7, 11) is 1.60. The molecule has 0 radical (unpaired) electrons. The van der Waals surface area contributed by atoms with E-state index in [-0.39, 0.29) is 18.4 Å². The van der Waals surface area contributed by atoms with Crippen molar-refractivity contribution < 1.29 is 14.7 Å². The minimum absolute atomic E-state index is 0.0736. The second kappa shape index (κ2) is 6.89. The first kappa shape index (κ1) is 17.9. The molecule has 0 heterocycles. The second-order valence-corrected chi connectivity index (χ2v) is 6.11. The molecule has 0 saturated heterocycles. The molecule has 0 aliphatic carbocycles. The Morgan fingerprint density at radius 3 is 2.11 bits per heavy atom. The largest absolute Gasteiger partial charge is 0.392 e. The van der Waals surface area contributed by atoms with Crippen LogP contribution < -0.4 is 10.6 Å². The molecule has 0 rings (SSSR count). The number of hydrogen-bond acceptors (Lipinski definition) is 3. The zero-order valence-electron chi connectivity index (χ0n) is 13.0. The molecule has 2 atom stereocenters. The Labute approximate surface area is 116 Å². The summed E-state index contributed by atoms with van der Waals surface area (Å²) < 4.78 is 0. The quantitative estimate of drug-likeness (QED) is 0.648. The Morgan fingerprint density at radius 2 is 1.74 bits per heavy atom. The number of nitrogens with one attached hydrogen (secondary N) is 2. The van der Waals surface area contributed by atoms with Gasteiger partial charge >= 0.3 is 0 Å². The molecule has 112 valence electrons. The molecular weight excluding hydrogens is 244 g/mol. The third kappa shape index (κ3) is 5.19. The fourth-order valence-corrected chi connectivity index (χ4v) is 2.21. The van der Waals surface area contributed by atoms with Crippen molar-refractivity contribution in [2.45, 2.75) is 53.6 Å². The number of aliphatic hydroxyl groups is 1. The molecule has 3 N–H and O–H groups in total. The Bertz CT molecular complexity index is 327. The predicted octanol–water partition coefficient (Wildman–Crippen LogP) is 1.06. The van der Waals surface area contributed by atoms with E-state index in [0.717, 1.165) is 0 Å². The van der Waals surface area contributed by atoms with Crippen molar-refractivity contribution in [3.05, 3.63) is 0 Å². The van der Waals surface area contributed by atoms with Crippen LogP contribution in [0.4, 0.5) is 0 Å². The number of amides is 2. The first-order chi connectivity index (χ1) is 8.59. The van der Waals surface area contributed by atoms with E-state index < -0.39 is 16.9 Å². The van der Waals surface area contributed by atoms with E-state index in [1.807, 2.05) is 27.7 Å². The monoisotopic (exact) mass is 272 g/mol. The fourth-order valence-electron chi connectivity index (χ4n) is 2.21. The molecule has 5 nitrogen and oxygen atoms in total. The van der Waals surface area contributed by atoms with Crippen LogP contribution in [0.25, 0.3) is 0 Å². The van der Waals surface area contributed by atoms with E-state index in [9.17, 15) is 14.7 Å². The lowest BCUT2D eigenvalue weighted by molar-refractivity contribution is -0.137. The Morgan fingerprint density at radius 1 is 1.21 bits per heavy atom. The summed E-state index contributed by atoms with van der Waals surface area (Å²) >= 11 is 0. The van der Waals surface area contributed by atoms with Gasteiger partial charge in [0.25, 0.3) is 0 Å². The topological polar surface area (TPSA) is 78.4 Å². The zero-order chi connectivity index (χ0) is 15.3. The summed E-state index contributed by atoms with van der Waals surface area (Å²) in [5.74, 6) is -0.191. The summed E-state index contributed by atoms with van der Waals surface area (Å²) in [5.41, 5.74) is -1.23. The van der Waals surface area contributed by atoms with Crippen molar-refractivity contribution in [1.82, 2.24) is 10.6 Å². The second-order valence-electron chi connectivity index (χ2n) is 6.11. The van der Waals surface area contributed by atoms with Crippen LogP contribution in [0.15, 0.2) is 0 Å². The van der Waals surface area contributed by atoms with Crippen molar-refractivity contribution in [1.29, 1.82) is 0 Å². The van der Waals surface area contributed by atoms with Gasteiger partial charge < -0.3 is 15.7 Å². The molecule has 0 saturated carbocycles. The van der Waals surface area contributed by atoms with Gasteiger partial charge in [0.05, 0.1) is 6.10 Å². The summed E-state index contributed by atoms with van der Waals surface area (Å²) in [6.07, 6.45) is 0.526. The normalized spacial score (nSPS) is 16.4. The minimum atomic E-state index is -0.620. The van der Waals surface area contributed by atoms with Gasteiger partial charge in [0.2, 0.25) is 11.8 Å². The van der Waals surface area contributed by atoms with Crippen molar-refractivity contribution in [3.8, 4) is 0 Å². The van der Waals surface area contributed by atoms with Gasteiger partial charge in [-0.05, 0) is 19.8 Å². The molecule has 0 spiro atoms. The highest BCUT2D eigenvalue weighted by molar-refractivity contribution is 5.85. The molecule has 19 heavy (non-hydrogen) atoms. The lowest BCUT2D eigenvalue weighted by atomic mass is 9.71. The highest BCUT2D eigenvalue weighted by Gasteiger charge is 2.40. The Balaban J connectivity index is 4.86. The molecular formula is C14H28N2O3. The zero-order valence-corrected chi connectivity index (χ0v) is 13.0. The molecule has 0 fully saturated rings. The van der Waals surface area contributed by atoms with Crippen LogP contribution in [0.2, 0.25) is 0 Å². The van der Waals surface area contributed by atoms with Gasteiger partial charge in [-0.25, -0.2) is 0 Å². The number of carbonyl (C=O) groups excluding carboxylic acids is 2. The average molecular weight is 272 g/mol. The molecule has 0 aliphatic heterocycles. The van der Waals surface area contributed by atoms with Crippen LogP contribution in [0.5, 0.6) is 0 Å². The first-order valence-electron chi connectivity index (χ1n) is 6.77. The predicted molar refractivity (Wildman–Crippen MR) is 75.6 cm³/mol. The third-order valence-corrected chi connectivity index (χ3v) is 3.56. The van der Waals surface area contributed by atoms with Gasteiger partial charge in [-0.1, -0.05) is 27.7 Å². The molecule has 0 aromatic rings. The molecule has 0 aromatic heterocycles. The lowest BCUT2D eigenvalue weighted by Crippen LogP contribution is -2.46. The van der Waals surface area contributed by atoms with Crippen LogP contribution >= 0.6 is 0 Å². The van der Waals surface area contributed by atoms with Gasteiger partial charge in [-0.2, -0.15) is 0 Å². The maximum absolute atomic E-state index is 12.2. The molecule has 2 unspecified atom stereocenters. The van der Waals surface area contributed by atoms with E-state index in [1.165, 1.54) is 0 Å². The molecule has 2 amide bonds. The summed E-state index contributed by atoms with van der Waals surface area (Å²) in [6, 6.07) is 0. The maximum Gasteiger partial charge on any atom is 0.226 e. The van der Waals surface area contributed by atoms with E-state index in [0.29, 0.717) is 12.8 Å². The molecule has 0 aliphatic rings. The molecule has 0 aromatic carbocycles. The van der Waals surface area contributed by atoms with Gasteiger partial charge in [-0.3, -0.25) is 9.59 Å². The summed E-state index contributed by atoms with van der Waals surface area (Å²) in [6.45, 7) is 9.31. The SMILES string of the molecule is CCC(C)(CC(C)(C)C(=O)NC)C(=O)NCC(C)O. The molecule has 5 heteroatoms. The van der Waals surface area contributed by atoms with Crippen LogP contribution in [0.1, 0.15) is 47.5 Å². The van der Waals surface area contributed by atoms with E-state index in [1.54, 1.807) is 14.0 Å². The fraction of sp³-hybridized carbons (Fsp3) is 0.857. The van der Waals surface area contributed by atoms with Crippen molar-refractivity contribution in [2.75, 3.05) is 13.6 Å². The van der Waals surface area contributed by atoms with Gasteiger partial charge in [0.1, 0.15) is 0 Å². The number of carbonyl (C=O) groups is 2. The van der Waals surface area contributed by atoms with Crippen LogP contribution in [-0.2, 0) is 9.59 Å². The standard InChI is InChI=1S/C14H28N2O3/c1-7-14(5,12(19)16-8-10(2)17)9-13(3,4)11(18)15-6/h10,17H,7-9H2,1-6H3,(H,15,18)(H,16,19). The first-order valence-corrected chi connectivity index (χ1v) is 6.77. The van der Waals surface area contributed by atoms with Crippen LogP contribution in [0.3, 0.4) is 0 Å². The van der Waals surface area contributed by atoms with E-state index >= 15 is 0 Å². The Kier molecular flexibility index (Phi) is 6.49. The summed E-state index contributed by atoms with van der Waals surface area (Å²) in [5, 5.41) is 14.6. The van der Waals surface area contributed by atoms with Crippen LogP contribution in [0, 0.1) is 10.8 Å². The van der Waals surface area contributed by atoms with Crippen LogP contribution in [-0.4, -0.2) is 36.6 Å². The highest BCUT2D eigenvalue weighted by atomic mass is 16.3. The number of rotatable bonds is 7. The van der Waals surface area contributed by atoms with E-state index in [4.69, 9.17) is 0 Å². The van der Waals surface area contributed by atoms with Gasteiger partial charge in [0.15, 0.2) is 0 Å². The van der Waals surface area contributed by atoms with Gasteiger partial charge in [0, 0.05) is 24.4 Å². The highest BCUT2D eigenvalue weighted by Crippen LogP contribution is 2.36. The van der Waals surface area contributed by atoms with Gasteiger partial charge in [-0.15, -0.1) is 0 Å².